The van der Waals surface area contributed by atoms with Crippen LogP contribution in [0.5, 0.6) is 0 Å². The van der Waals surface area contributed by atoms with Gasteiger partial charge in [0.05, 0.1) is 11.7 Å². The van der Waals surface area contributed by atoms with Crippen LogP contribution in [-0.4, -0.2) is 11.7 Å². The maximum Gasteiger partial charge on any atom is 0.0892 e. The fourth-order valence-electron chi connectivity index (χ4n) is 1.20. The predicted octanol–water partition coefficient (Wildman–Crippen LogP) is 2.60. The third-order valence-corrected chi connectivity index (χ3v) is 2.48. The van der Waals surface area contributed by atoms with E-state index >= 15 is 0 Å². The molecule has 1 saturated heterocycles. The second kappa shape index (κ2) is 4.07. The molecule has 0 aromatic carbocycles. The van der Waals surface area contributed by atoms with E-state index in [2.05, 4.69) is 27.7 Å². The summed E-state index contributed by atoms with van der Waals surface area (Å²) in [6.07, 6.45) is 3.06. The second-order valence-electron chi connectivity index (χ2n) is 3.96. The fourth-order valence-corrected chi connectivity index (χ4v) is 1.20. The van der Waals surface area contributed by atoms with Gasteiger partial charge in [0.1, 0.15) is 0 Å². The van der Waals surface area contributed by atoms with E-state index in [4.69, 9.17) is 4.74 Å². The van der Waals surface area contributed by atoms with Crippen LogP contribution in [-0.2, 0) is 26.5 Å². The molecule has 0 saturated carbocycles. The Morgan fingerprint density at radius 3 is 2.18 bits per heavy atom. The molecule has 1 nitrogen and oxygen atoms in total. The number of hydrogen-bond donors (Lipinski definition) is 0. The number of rotatable bonds is 3. The van der Waals surface area contributed by atoms with E-state index in [9.17, 15) is 0 Å². The summed E-state index contributed by atoms with van der Waals surface area (Å²) in [5.41, 5.74) is 0.198. The van der Waals surface area contributed by atoms with Crippen LogP contribution in [0.15, 0.2) is 0 Å². The normalized spacial score (nSPS) is 28.9. The molecule has 0 aromatic rings. The summed E-state index contributed by atoms with van der Waals surface area (Å²) < 4.78 is 5.48. The Morgan fingerprint density at radius 2 is 1.91 bits per heavy atom. The minimum Gasteiger partial charge on any atom is -0.367 e. The van der Waals surface area contributed by atoms with Gasteiger partial charge in [0, 0.05) is 21.7 Å². The summed E-state index contributed by atoms with van der Waals surface area (Å²) in [5.74, 6) is 0.826. The van der Waals surface area contributed by atoms with E-state index in [0.717, 1.165) is 5.92 Å². The second-order valence-corrected chi connectivity index (χ2v) is 3.96. The van der Waals surface area contributed by atoms with Crippen molar-refractivity contribution in [3.8, 4) is 0 Å². The molecule has 2 unspecified atom stereocenters. The fraction of sp³-hybridized carbons (Fsp3) is 1.00. The average Bonchev–Trinajstić information content (AvgIpc) is 2.40. The van der Waals surface area contributed by atoms with Crippen molar-refractivity contribution in [1.29, 1.82) is 0 Å². The first-order chi connectivity index (χ1) is 4.56. The maximum atomic E-state index is 5.48. The van der Waals surface area contributed by atoms with Crippen LogP contribution in [0.25, 0.3) is 0 Å². The van der Waals surface area contributed by atoms with E-state index in [0.29, 0.717) is 6.10 Å². The van der Waals surface area contributed by atoms with E-state index in [1.54, 1.807) is 0 Å². The van der Waals surface area contributed by atoms with Crippen LogP contribution in [0.1, 0.15) is 40.5 Å². The van der Waals surface area contributed by atoms with Gasteiger partial charge in [-0.2, -0.15) is 0 Å². The number of epoxide rings is 1. The summed E-state index contributed by atoms with van der Waals surface area (Å²) in [6.45, 7) is 8.86. The zero-order chi connectivity index (χ0) is 7.78. The Balaban J connectivity index is 0.000001000. The molecule has 1 fully saturated rings. The molecule has 0 N–H and O–H groups in total. The van der Waals surface area contributed by atoms with Gasteiger partial charge in [0.25, 0.3) is 0 Å². The van der Waals surface area contributed by atoms with Gasteiger partial charge in [0.2, 0.25) is 0 Å². The van der Waals surface area contributed by atoms with Gasteiger partial charge >= 0.3 is 0 Å². The Morgan fingerprint density at radius 1 is 1.45 bits per heavy atom. The van der Waals surface area contributed by atoms with Gasteiger partial charge in [-0.1, -0.05) is 20.3 Å². The van der Waals surface area contributed by atoms with E-state index in [1.807, 2.05) is 0 Å². The molecule has 0 aromatic heterocycles. The third-order valence-electron chi connectivity index (χ3n) is 2.48. The summed E-state index contributed by atoms with van der Waals surface area (Å²) in [4.78, 5) is 0. The number of hydrogen-bond acceptors (Lipinski definition) is 1. The molecule has 0 spiro atoms. The monoisotopic (exact) mass is 190 g/mol. The molecule has 1 aliphatic heterocycles. The molecular weight excluding hydrogens is 172 g/mol. The van der Waals surface area contributed by atoms with Crippen molar-refractivity contribution in [1.82, 2.24) is 0 Å². The van der Waals surface area contributed by atoms with Crippen molar-refractivity contribution in [2.75, 3.05) is 0 Å². The molecule has 1 aliphatic rings. The standard InChI is InChI=1S/C9H18O.Ti/c1-5-7(2)6-8-9(3,4)10-8;/h7-8H,5-6H2,1-4H3;. The molecule has 0 aliphatic carbocycles. The Labute approximate surface area is 84.8 Å². The van der Waals surface area contributed by atoms with E-state index < -0.39 is 0 Å². The molecular formula is C9H18OTi. The van der Waals surface area contributed by atoms with Crippen LogP contribution >= 0.6 is 0 Å². The van der Waals surface area contributed by atoms with E-state index in [-0.39, 0.29) is 27.3 Å². The first kappa shape index (κ1) is 11.7. The van der Waals surface area contributed by atoms with Crippen LogP contribution in [0.2, 0.25) is 0 Å². The minimum atomic E-state index is 0. The first-order valence-corrected chi connectivity index (χ1v) is 4.24. The molecule has 1 heterocycles. The third kappa shape index (κ3) is 3.27. The molecule has 11 heavy (non-hydrogen) atoms. The molecule has 2 heteroatoms. The first-order valence-electron chi connectivity index (χ1n) is 4.24. The van der Waals surface area contributed by atoms with Gasteiger partial charge in [-0.15, -0.1) is 0 Å². The Kier molecular flexibility index (Phi) is 4.32. The van der Waals surface area contributed by atoms with Gasteiger partial charge < -0.3 is 4.74 Å². The molecule has 1 rings (SSSR count). The summed E-state index contributed by atoms with van der Waals surface area (Å²) in [6, 6.07) is 0. The van der Waals surface area contributed by atoms with Crippen LogP contribution < -0.4 is 0 Å². The Hall–Kier alpha value is 0.674. The van der Waals surface area contributed by atoms with Crippen molar-refractivity contribution in [2.45, 2.75) is 52.2 Å². The predicted molar refractivity (Wildman–Crippen MR) is 43.0 cm³/mol. The van der Waals surface area contributed by atoms with Gasteiger partial charge in [-0.3, -0.25) is 0 Å². The summed E-state index contributed by atoms with van der Waals surface area (Å²) >= 11 is 0. The summed E-state index contributed by atoms with van der Waals surface area (Å²) in [5, 5.41) is 0. The van der Waals surface area contributed by atoms with Crippen molar-refractivity contribution < 1.29 is 26.5 Å². The summed E-state index contributed by atoms with van der Waals surface area (Å²) in [7, 11) is 0. The molecule has 0 amide bonds. The largest absolute Gasteiger partial charge is 0.367 e. The van der Waals surface area contributed by atoms with Gasteiger partial charge in [-0.05, 0) is 26.2 Å². The van der Waals surface area contributed by atoms with Crippen molar-refractivity contribution >= 4 is 0 Å². The SMILES string of the molecule is CCC(C)CC1OC1(C)C.[Ti]. The van der Waals surface area contributed by atoms with Crippen molar-refractivity contribution in [3.05, 3.63) is 0 Å². The smallest absolute Gasteiger partial charge is 0.0892 e. The zero-order valence-electron chi connectivity index (χ0n) is 7.98. The minimum absolute atomic E-state index is 0. The van der Waals surface area contributed by atoms with Gasteiger partial charge in [-0.25, -0.2) is 0 Å². The molecule has 0 bridgehead atoms. The number of ether oxygens (including phenoxy) is 1. The van der Waals surface area contributed by atoms with Crippen LogP contribution in [0.3, 0.4) is 0 Å². The van der Waals surface area contributed by atoms with Crippen molar-refractivity contribution in [3.63, 3.8) is 0 Å². The van der Waals surface area contributed by atoms with Gasteiger partial charge in [0.15, 0.2) is 0 Å². The molecule has 0 radical (unpaired) electrons. The Bertz CT molecular complexity index is 123. The maximum absolute atomic E-state index is 5.48. The molecule has 2 atom stereocenters. The quantitative estimate of drug-likeness (QED) is 0.492. The van der Waals surface area contributed by atoms with Crippen LogP contribution in [0, 0.1) is 5.92 Å². The van der Waals surface area contributed by atoms with Crippen molar-refractivity contribution in [2.24, 2.45) is 5.92 Å². The van der Waals surface area contributed by atoms with E-state index in [1.165, 1.54) is 12.8 Å². The zero-order valence-corrected chi connectivity index (χ0v) is 9.54. The topological polar surface area (TPSA) is 12.5 Å². The molecule has 64 valence electrons. The van der Waals surface area contributed by atoms with Crippen LogP contribution in [0.4, 0.5) is 0 Å². The average molecular weight is 190 g/mol.